The summed E-state index contributed by atoms with van der Waals surface area (Å²) >= 11 is 0. The fourth-order valence-electron chi connectivity index (χ4n) is 4.75. The minimum Gasteiger partial charge on any atom is -0.493 e. The zero-order valence-corrected chi connectivity index (χ0v) is 21.5. The van der Waals surface area contributed by atoms with Gasteiger partial charge in [-0.05, 0) is 43.3 Å². The van der Waals surface area contributed by atoms with Crippen molar-refractivity contribution in [1.82, 2.24) is 24.8 Å². The van der Waals surface area contributed by atoms with Gasteiger partial charge in [0.15, 0.2) is 5.82 Å². The van der Waals surface area contributed by atoms with Crippen LogP contribution in [0.3, 0.4) is 0 Å². The maximum atomic E-state index is 14.9. The topological polar surface area (TPSA) is 115 Å². The Labute approximate surface area is 229 Å². The first-order valence-electron chi connectivity index (χ1n) is 12.4. The maximum Gasteiger partial charge on any atom is 0.418 e. The third kappa shape index (κ3) is 5.24. The number of fused-ring (bicyclic) bond motifs is 1. The molecule has 4 aromatic rings. The summed E-state index contributed by atoms with van der Waals surface area (Å²) in [5.74, 6) is -2.53. The number of halogens is 5. The lowest BCUT2D eigenvalue weighted by Gasteiger charge is -2.18. The third-order valence-corrected chi connectivity index (χ3v) is 6.66. The molecule has 1 saturated heterocycles. The van der Waals surface area contributed by atoms with E-state index in [0.29, 0.717) is 0 Å². The van der Waals surface area contributed by atoms with E-state index in [0.717, 1.165) is 27.9 Å². The van der Waals surface area contributed by atoms with Gasteiger partial charge in [0.2, 0.25) is 0 Å². The lowest BCUT2D eigenvalue weighted by molar-refractivity contribution is -0.136. The summed E-state index contributed by atoms with van der Waals surface area (Å²) in [5, 5.41) is 6.45. The third-order valence-electron chi connectivity index (χ3n) is 6.66. The van der Waals surface area contributed by atoms with Crippen molar-refractivity contribution in [3.05, 3.63) is 77.4 Å². The van der Waals surface area contributed by atoms with E-state index in [1.807, 2.05) is 0 Å². The van der Waals surface area contributed by atoms with Gasteiger partial charge < -0.3 is 20.7 Å². The number of hydrogen-bond donors (Lipinski definition) is 2. The van der Waals surface area contributed by atoms with Gasteiger partial charge in [0, 0.05) is 12.1 Å². The van der Waals surface area contributed by atoms with Gasteiger partial charge in [0.1, 0.15) is 29.6 Å². The van der Waals surface area contributed by atoms with Crippen molar-refractivity contribution in [3.63, 3.8) is 0 Å². The van der Waals surface area contributed by atoms with Crippen molar-refractivity contribution in [2.45, 2.75) is 25.3 Å². The second-order valence-electron chi connectivity index (χ2n) is 9.28. The highest BCUT2D eigenvalue weighted by Crippen LogP contribution is 2.39. The second kappa shape index (κ2) is 10.7. The molecular formula is C27H23F5N6O3. The first-order chi connectivity index (χ1) is 19.5. The summed E-state index contributed by atoms with van der Waals surface area (Å²) in [5.41, 5.74) is 4.07. The number of ether oxygens (including phenoxy) is 1. The molecule has 5 rings (SSSR count). The second-order valence-corrected chi connectivity index (χ2v) is 9.28. The molecule has 1 aliphatic rings. The Morgan fingerprint density at radius 3 is 2.59 bits per heavy atom. The van der Waals surface area contributed by atoms with E-state index in [-0.39, 0.29) is 53.6 Å². The SMILES string of the molecule is CCOc1ccc(-c2cc(C(F)(F)F)c3c(N)ncnn23)cc1C(=O)N[C@@H]1CN(C(=O)c2ccccc2F)C[C@@H]1F. The fourth-order valence-corrected chi connectivity index (χ4v) is 4.75. The molecule has 9 nitrogen and oxygen atoms in total. The van der Waals surface area contributed by atoms with E-state index in [1.165, 1.54) is 36.4 Å². The molecule has 2 amide bonds. The molecule has 1 fully saturated rings. The van der Waals surface area contributed by atoms with Gasteiger partial charge >= 0.3 is 6.18 Å². The summed E-state index contributed by atoms with van der Waals surface area (Å²) in [7, 11) is 0. The van der Waals surface area contributed by atoms with Crippen LogP contribution < -0.4 is 15.8 Å². The van der Waals surface area contributed by atoms with Crippen molar-refractivity contribution in [2.75, 3.05) is 25.4 Å². The number of nitrogens with two attached hydrogens (primary N) is 1. The lowest BCUT2D eigenvalue weighted by Crippen LogP contribution is -2.42. The van der Waals surface area contributed by atoms with Gasteiger partial charge in [0.05, 0.1) is 41.6 Å². The standard InChI is InChI=1S/C27H23F5N6O3/c1-2-41-22-8-7-14(21-10-17(27(30,31)32)23-24(33)34-13-35-38(21)23)9-16(22)25(39)36-20-12-37(11-19(20)29)26(40)15-5-3-4-6-18(15)28/h3-10,13,19-20H,2,11-12H2,1H3,(H,36,39)(H2,33,34,35)/t19-,20+/m0/s1. The molecule has 0 bridgehead atoms. The van der Waals surface area contributed by atoms with Gasteiger partial charge in [-0.3, -0.25) is 9.59 Å². The minimum absolute atomic E-state index is 0.0237. The minimum atomic E-state index is -4.77. The van der Waals surface area contributed by atoms with E-state index in [4.69, 9.17) is 10.5 Å². The average molecular weight is 575 g/mol. The molecule has 3 N–H and O–H groups in total. The molecule has 0 saturated carbocycles. The van der Waals surface area contributed by atoms with Crippen LogP contribution in [0, 0.1) is 5.82 Å². The number of nitrogens with one attached hydrogen (secondary N) is 1. The number of carbonyl (C=O) groups excluding carboxylic acids is 2. The molecule has 214 valence electrons. The zero-order valence-electron chi connectivity index (χ0n) is 21.5. The van der Waals surface area contributed by atoms with E-state index in [1.54, 1.807) is 6.92 Å². The number of amides is 2. The van der Waals surface area contributed by atoms with Gasteiger partial charge in [-0.1, -0.05) is 12.1 Å². The summed E-state index contributed by atoms with van der Waals surface area (Å²) in [6.07, 6.45) is -5.42. The smallest absolute Gasteiger partial charge is 0.418 e. The molecule has 0 radical (unpaired) electrons. The van der Waals surface area contributed by atoms with Gasteiger partial charge in [0.25, 0.3) is 11.8 Å². The molecule has 1 aliphatic heterocycles. The highest BCUT2D eigenvalue weighted by atomic mass is 19.4. The Morgan fingerprint density at radius 1 is 1.12 bits per heavy atom. The van der Waals surface area contributed by atoms with Gasteiger partial charge in [-0.15, -0.1) is 0 Å². The predicted octanol–water partition coefficient (Wildman–Crippen LogP) is 4.13. The van der Waals surface area contributed by atoms with Crippen molar-refractivity contribution in [1.29, 1.82) is 0 Å². The fraction of sp³-hybridized carbons (Fsp3) is 0.259. The largest absolute Gasteiger partial charge is 0.493 e. The Morgan fingerprint density at radius 2 is 1.88 bits per heavy atom. The van der Waals surface area contributed by atoms with E-state index < -0.39 is 47.1 Å². The summed E-state index contributed by atoms with van der Waals surface area (Å²) in [6.45, 7) is 1.24. The van der Waals surface area contributed by atoms with Crippen LogP contribution in [-0.2, 0) is 6.18 Å². The van der Waals surface area contributed by atoms with E-state index in [9.17, 15) is 31.5 Å². The van der Waals surface area contributed by atoms with Crippen LogP contribution in [0.25, 0.3) is 16.8 Å². The Kier molecular flexibility index (Phi) is 7.24. The quantitative estimate of drug-likeness (QED) is 0.335. The number of alkyl halides is 4. The predicted molar refractivity (Wildman–Crippen MR) is 137 cm³/mol. The highest BCUT2D eigenvalue weighted by Gasteiger charge is 2.39. The number of benzene rings is 2. The summed E-state index contributed by atoms with van der Waals surface area (Å²) < 4.78 is 76.9. The van der Waals surface area contributed by atoms with E-state index >= 15 is 0 Å². The van der Waals surface area contributed by atoms with Crippen molar-refractivity contribution >= 4 is 23.1 Å². The molecule has 0 spiro atoms. The van der Waals surface area contributed by atoms with Crippen LogP contribution in [0.4, 0.5) is 27.8 Å². The van der Waals surface area contributed by atoms with Crippen LogP contribution in [0.15, 0.2) is 54.9 Å². The molecule has 3 heterocycles. The summed E-state index contributed by atoms with van der Waals surface area (Å²) in [4.78, 5) is 30.9. The number of likely N-dealkylation sites (tertiary alicyclic amines) is 1. The number of hydrogen-bond acceptors (Lipinski definition) is 6. The van der Waals surface area contributed by atoms with Crippen molar-refractivity contribution in [2.24, 2.45) is 0 Å². The molecule has 2 aromatic heterocycles. The maximum absolute atomic E-state index is 14.9. The molecular weight excluding hydrogens is 551 g/mol. The van der Waals surface area contributed by atoms with Crippen LogP contribution in [0.2, 0.25) is 0 Å². The summed E-state index contributed by atoms with van der Waals surface area (Å²) in [6, 6.07) is 9.16. The molecule has 41 heavy (non-hydrogen) atoms. The highest BCUT2D eigenvalue weighted by molar-refractivity contribution is 5.99. The Balaban J connectivity index is 1.46. The monoisotopic (exact) mass is 574 g/mol. The number of carbonyl (C=O) groups is 2. The van der Waals surface area contributed by atoms with Gasteiger partial charge in [-0.2, -0.15) is 18.3 Å². The normalized spacial score (nSPS) is 17.2. The van der Waals surface area contributed by atoms with Crippen LogP contribution in [0.1, 0.15) is 33.2 Å². The van der Waals surface area contributed by atoms with Crippen LogP contribution >= 0.6 is 0 Å². The molecule has 2 atom stereocenters. The molecule has 0 aliphatic carbocycles. The number of rotatable bonds is 6. The van der Waals surface area contributed by atoms with Crippen LogP contribution in [0.5, 0.6) is 5.75 Å². The number of anilines is 1. The Hall–Kier alpha value is -4.75. The van der Waals surface area contributed by atoms with Crippen molar-refractivity contribution in [3.8, 4) is 17.0 Å². The average Bonchev–Trinajstić information content (AvgIpc) is 3.51. The zero-order chi connectivity index (χ0) is 29.5. The van der Waals surface area contributed by atoms with Crippen LogP contribution in [-0.4, -0.2) is 63.2 Å². The lowest BCUT2D eigenvalue weighted by atomic mass is 10.1. The number of aromatic nitrogens is 3. The molecule has 14 heteroatoms. The Bertz CT molecular complexity index is 1640. The molecule has 2 aromatic carbocycles. The molecule has 0 unspecified atom stereocenters. The first kappa shape index (κ1) is 27.8. The first-order valence-corrected chi connectivity index (χ1v) is 12.4. The van der Waals surface area contributed by atoms with Gasteiger partial charge in [-0.25, -0.2) is 18.3 Å². The van der Waals surface area contributed by atoms with E-state index in [2.05, 4.69) is 15.4 Å². The number of nitrogens with zero attached hydrogens (tertiary/aromatic N) is 4. The number of nitrogen functional groups attached to an aromatic ring is 1. The van der Waals surface area contributed by atoms with Crippen molar-refractivity contribution < 1.29 is 36.3 Å².